The summed E-state index contributed by atoms with van der Waals surface area (Å²) in [5, 5.41) is 0. The number of hydrogen-bond donors (Lipinski definition) is 0. The normalized spacial score (nSPS) is 47.9. The molecule has 1 N–H and O–H groups in total. The Kier molecular flexibility index (Phi) is 10.4. The van der Waals surface area contributed by atoms with Crippen LogP contribution in [0.15, 0.2) is 11.6 Å². The van der Waals surface area contributed by atoms with Crippen LogP contribution in [0.1, 0.15) is 91.9 Å². The van der Waals surface area contributed by atoms with Crippen molar-refractivity contribution in [3.63, 3.8) is 0 Å². The van der Waals surface area contributed by atoms with E-state index in [0.717, 1.165) is 62.2 Å². The van der Waals surface area contributed by atoms with Crippen molar-refractivity contribution in [2.24, 2.45) is 46.3 Å². The van der Waals surface area contributed by atoms with E-state index < -0.39 is 6.04 Å². The first kappa shape index (κ1) is 33.3. The van der Waals surface area contributed by atoms with Crippen LogP contribution in [0.5, 0.6) is 0 Å². The zero-order valence-corrected chi connectivity index (χ0v) is 28.8. The van der Waals surface area contributed by atoms with Crippen LogP contribution < -0.4 is 12.4 Å². The average Bonchev–Trinajstić information content (AvgIpc) is 3.34. The van der Waals surface area contributed by atoms with Gasteiger partial charge in [-0.2, -0.15) is 11.8 Å². The molecule has 1 spiro atoms. The number of rotatable bonds is 5. The molecule has 2 aliphatic heterocycles. The van der Waals surface area contributed by atoms with Crippen LogP contribution in [-0.2, 0) is 40.1 Å². The molecule has 0 aromatic heterocycles. The molecule has 2 heterocycles. The molecule has 12 atom stereocenters. The topological polar surface area (TPSA) is 68.6 Å². The molecule has 5 fully saturated rings. The molecular formula is C32H50ClNO4PtS. The molecule has 3 unspecified atom stereocenters. The first-order chi connectivity index (χ1) is 18.1. The molecule has 3 saturated carbocycles. The Hall–Kier alpha value is 0.418. The molecular weight excluding hydrogens is 725 g/mol. The van der Waals surface area contributed by atoms with Crippen molar-refractivity contribution in [2.45, 2.75) is 116 Å². The maximum Gasteiger partial charge on any atom is 2.00 e. The Morgan fingerprint density at radius 3 is 2.65 bits per heavy atom. The maximum atomic E-state index is 12.5. The van der Waals surface area contributed by atoms with Crippen molar-refractivity contribution < 1.29 is 52.5 Å². The van der Waals surface area contributed by atoms with E-state index in [9.17, 15) is 4.79 Å². The number of fused-ring (bicyclic) bond motifs is 7. The van der Waals surface area contributed by atoms with Gasteiger partial charge in [0.25, 0.3) is 5.97 Å². The molecule has 0 radical (unpaired) electrons. The summed E-state index contributed by atoms with van der Waals surface area (Å²) in [7, 11) is 0. The van der Waals surface area contributed by atoms with E-state index in [1.54, 1.807) is 11.8 Å². The van der Waals surface area contributed by atoms with Crippen molar-refractivity contribution in [1.82, 2.24) is 0 Å². The number of halogens is 1. The number of nitrogens with one attached hydrogen (secondary N) is 1. The van der Waals surface area contributed by atoms with Gasteiger partial charge in [-0.3, -0.25) is 4.79 Å². The summed E-state index contributed by atoms with van der Waals surface area (Å²) in [6.07, 6.45) is 15.6. The van der Waals surface area contributed by atoms with Gasteiger partial charge in [-0.15, -0.1) is 0 Å². The van der Waals surface area contributed by atoms with Crippen molar-refractivity contribution in [2.75, 3.05) is 18.6 Å². The van der Waals surface area contributed by atoms with Crippen LogP contribution >= 0.6 is 11.8 Å². The number of carbonyl (C=O) groups excluding carboxylic acids is 1. The van der Waals surface area contributed by atoms with Gasteiger partial charge in [-0.25, -0.2) is 0 Å². The molecule has 2 saturated heterocycles. The minimum absolute atomic E-state index is 0. The van der Waals surface area contributed by atoms with Gasteiger partial charge in [0, 0.05) is 18.8 Å². The van der Waals surface area contributed by atoms with Gasteiger partial charge in [-0.05, 0) is 103 Å². The summed E-state index contributed by atoms with van der Waals surface area (Å²) in [4.78, 5) is 12.5. The SMILES string of the molecule is CSCC[C@@H]([NH-])C(=O)O[C@H]1CC[C@@]2(C)C(=CCC3C2CC[C@@]2(C)C3C[C@@H]3O[C@@]4(CC[C@H](C)CO4)[C@@H](C)[C@@H]32)C1.[Cl-].[Pt+2]. The van der Waals surface area contributed by atoms with Crippen molar-refractivity contribution in [3.05, 3.63) is 17.4 Å². The van der Waals surface area contributed by atoms with E-state index in [1.807, 2.05) is 6.26 Å². The molecule has 230 valence electrons. The molecule has 0 bridgehead atoms. The van der Waals surface area contributed by atoms with E-state index in [1.165, 1.54) is 31.3 Å². The minimum Gasteiger partial charge on any atom is -1.00 e. The third kappa shape index (κ3) is 5.33. The van der Waals surface area contributed by atoms with E-state index in [4.69, 9.17) is 19.9 Å². The first-order valence-corrected chi connectivity index (χ1v) is 16.9. The van der Waals surface area contributed by atoms with Gasteiger partial charge in [0.2, 0.25) is 0 Å². The fourth-order valence-corrected chi connectivity index (χ4v) is 10.8. The monoisotopic (exact) mass is 774 g/mol. The van der Waals surface area contributed by atoms with Crippen LogP contribution in [-0.4, -0.2) is 48.6 Å². The number of allylic oxidation sites excluding steroid dienone is 1. The van der Waals surface area contributed by atoms with Crippen LogP contribution in [0.25, 0.3) is 5.73 Å². The van der Waals surface area contributed by atoms with Crippen LogP contribution in [0, 0.1) is 46.3 Å². The molecule has 6 aliphatic rings. The average molecular weight is 775 g/mol. The van der Waals surface area contributed by atoms with E-state index in [2.05, 4.69) is 33.8 Å². The third-order valence-corrected chi connectivity index (χ3v) is 13.1. The Bertz CT molecular complexity index is 959. The summed E-state index contributed by atoms with van der Waals surface area (Å²) < 4.78 is 19.3. The van der Waals surface area contributed by atoms with Gasteiger partial charge < -0.3 is 32.4 Å². The molecule has 5 nitrogen and oxygen atoms in total. The van der Waals surface area contributed by atoms with E-state index >= 15 is 0 Å². The zero-order chi connectivity index (χ0) is 26.9. The molecule has 0 amide bonds. The van der Waals surface area contributed by atoms with Crippen LogP contribution in [0.3, 0.4) is 0 Å². The van der Waals surface area contributed by atoms with Crippen molar-refractivity contribution >= 4 is 17.7 Å². The second kappa shape index (κ2) is 12.4. The smallest absolute Gasteiger partial charge is 1.00 e. The summed E-state index contributed by atoms with van der Waals surface area (Å²) in [6, 6.07) is -0.746. The standard InChI is InChI=1S/C32H50NO4S.ClH.Pt/c1-19-8-14-32(35-18-19)20(2)28-27(37-32)17-25-23-7-6-21-16-22(36-29(34)26(33)11-15-38-5)9-12-30(21,3)24(23)10-13-31(25,28)4;;/h6,19-20,22-28,33H,7-18H2,1-5H3;1H;/q-1;;+2/p-1/t19-,20-,22-,23?,24?,25?,26+,27-,28-,30-,31-,32-;;/m0../s1. The molecule has 0 aromatic rings. The van der Waals surface area contributed by atoms with Gasteiger partial charge in [-0.1, -0.05) is 45.8 Å². The Labute approximate surface area is 267 Å². The molecule has 6 rings (SSSR count). The predicted octanol–water partition coefficient (Wildman–Crippen LogP) is 4.44. The summed E-state index contributed by atoms with van der Waals surface area (Å²) >= 11 is 1.68. The minimum atomic E-state index is -0.746. The quantitative estimate of drug-likeness (QED) is 0.306. The number of thioether (sulfide) groups is 1. The Morgan fingerprint density at radius 2 is 1.95 bits per heavy atom. The fourth-order valence-electron chi connectivity index (χ4n) is 10.3. The summed E-state index contributed by atoms with van der Waals surface area (Å²) in [6.45, 7) is 10.7. The largest absolute Gasteiger partial charge is 2.00 e. The van der Waals surface area contributed by atoms with E-state index in [-0.39, 0.29) is 56.7 Å². The van der Waals surface area contributed by atoms with Crippen LogP contribution in [0.2, 0.25) is 0 Å². The number of hydrogen-bond acceptors (Lipinski definition) is 5. The Morgan fingerprint density at radius 1 is 1.18 bits per heavy atom. The van der Waals surface area contributed by atoms with Gasteiger partial charge >= 0.3 is 21.1 Å². The molecule has 4 aliphatic carbocycles. The van der Waals surface area contributed by atoms with Gasteiger partial charge in [0.15, 0.2) is 5.79 Å². The Balaban J connectivity index is 0.00000185. The van der Waals surface area contributed by atoms with Crippen LogP contribution in [0.4, 0.5) is 0 Å². The number of esters is 1. The number of carbonyl (C=O) groups is 1. The van der Waals surface area contributed by atoms with E-state index in [0.29, 0.717) is 35.7 Å². The third-order valence-electron chi connectivity index (χ3n) is 12.5. The molecule has 40 heavy (non-hydrogen) atoms. The first-order valence-electron chi connectivity index (χ1n) is 15.5. The number of ether oxygens (including phenoxy) is 3. The zero-order valence-electron chi connectivity index (χ0n) is 25.0. The van der Waals surface area contributed by atoms with Crippen molar-refractivity contribution in [3.8, 4) is 0 Å². The fraction of sp³-hybridized carbons (Fsp3) is 0.906. The maximum absolute atomic E-state index is 12.5. The van der Waals surface area contributed by atoms with Crippen molar-refractivity contribution in [1.29, 1.82) is 0 Å². The molecule has 0 aromatic carbocycles. The second-order valence-electron chi connectivity index (χ2n) is 14.4. The molecule has 8 heteroatoms. The summed E-state index contributed by atoms with van der Waals surface area (Å²) in [5.74, 6) is 4.08. The van der Waals surface area contributed by atoms with Gasteiger partial charge in [0.1, 0.15) is 6.10 Å². The predicted molar refractivity (Wildman–Crippen MR) is 153 cm³/mol. The van der Waals surface area contributed by atoms with Gasteiger partial charge in [0.05, 0.1) is 12.7 Å². The summed E-state index contributed by atoms with van der Waals surface area (Å²) in [5.41, 5.74) is 10.2. The second-order valence-corrected chi connectivity index (χ2v) is 15.4.